The molecule has 2 aromatic rings. The SMILES string of the molecule is Fc1ccc(CO/N=[C]\c2cccc(F)c2)cc1. The first-order valence-electron chi connectivity index (χ1n) is 5.32. The summed E-state index contributed by atoms with van der Waals surface area (Å²) in [6.07, 6.45) is 2.56. The lowest BCUT2D eigenvalue weighted by Crippen LogP contribution is -1.89. The maximum atomic E-state index is 12.8. The van der Waals surface area contributed by atoms with Crippen LogP contribution in [0.1, 0.15) is 11.1 Å². The van der Waals surface area contributed by atoms with Crippen LogP contribution in [0.4, 0.5) is 8.78 Å². The van der Waals surface area contributed by atoms with Gasteiger partial charge in [-0.05, 0) is 29.8 Å². The van der Waals surface area contributed by atoms with E-state index in [0.717, 1.165) is 5.56 Å². The predicted octanol–water partition coefficient (Wildman–Crippen LogP) is 3.39. The van der Waals surface area contributed by atoms with Crippen LogP contribution >= 0.6 is 0 Å². The number of hydrogen-bond donors (Lipinski definition) is 0. The Morgan fingerprint density at radius 3 is 2.50 bits per heavy atom. The lowest BCUT2D eigenvalue weighted by atomic mass is 10.2. The Bertz CT molecular complexity index is 538. The standard InChI is InChI=1S/C14H10F2NO/c15-13-6-4-11(5-7-13)10-18-17-9-12-2-1-3-14(16)8-12/h1-8H,10H2. The van der Waals surface area contributed by atoms with Gasteiger partial charge in [-0.1, -0.05) is 29.4 Å². The van der Waals surface area contributed by atoms with Gasteiger partial charge in [0.05, 0.1) is 0 Å². The molecule has 2 nitrogen and oxygen atoms in total. The van der Waals surface area contributed by atoms with Crippen LogP contribution in [0.3, 0.4) is 0 Å². The summed E-state index contributed by atoms with van der Waals surface area (Å²) in [7, 11) is 0. The highest BCUT2D eigenvalue weighted by Crippen LogP contribution is 2.05. The second kappa shape index (κ2) is 5.91. The molecule has 18 heavy (non-hydrogen) atoms. The third-order valence-corrected chi connectivity index (χ3v) is 2.21. The Morgan fingerprint density at radius 2 is 1.78 bits per heavy atom. The lowest BCUT2D eigenvalue weighted by molar-refractivity contribution is 0.132. The van der Waals surface area contributed by atoms with Gasteiger partial charge in [0.25, 0.3) is 0 Å². The maximum Gasteiger partial charge on any atom is 0.142 e. The van der Waals surface area contributed by atoms with Crippen molar-refractivity contribution in [2.75, 3.05) is 0 Å². The van der Waals surface area contributed by atoms with Crippen molar-refractivity contribution in [3.8, 4) is 0 Å². The minimum Gasteiger partial charge on any atom is -0.390 e. The first-order chi connectivity index (χ1) is 8.74. The monoisotopic (exact) mass is 246 g/mol. The second-order valence-corrected chi connectivity index (χ2v) is 3.61. The largest absolute Gasteiger partial charge is 0.390 e. The number of hydrogen-bond acceptors (Lipinski definition) is 2. The molecular formula is C14H10F2NO. The van der Waals surface area contributed by atoms with E-state index < -0.39 is 0 Å². The average molecular weight is 246 g/mol. The molecule has 0 spiro atoms. The van der Waals surface area contributed by atoms with Crippen LogP contribution in [0.25, 0.3) is 0 Å². The highest BCUT2D eigenvalue weighted by Gasteiger charge is 1.94. The van der Waals surface area contributed by atoms with Crippen LogP contribution in [0.15, 0.2) is 53.7 Å². The zero-order chi connectivity index (χ0) is 12.8. The van der Waals surface area contributed by atoms with E-state index in [-0.39, 0.29) is 18.2 Å². The molecule has 2 aromatic carbocycles. The van der Waals surface area contributed by atoms with Crippen LogP contribution in [-0.4, -0.2) is 6.21 Å². The highest BCUT2D eigenvalue weighted by atomic mass is 19.1. The second-order valence-electron chi connectivity index (χ2n) is 3.61. The molecule has 0 atom stereocenters. The van der Waals surface area contributed by atoms with Crippen molar-refractivity contribution >= 4 is 6.21 Å². The van der Waals surface area contributed by atoms with Gasteiger partial charge in [0, 0.05) is 5.56 Å². The van der Waals surface area contributed by atoms with Crippen LogP contribution in [0.2, 0.25) is 0 Å². The van der Waals surface area contributed by atoms with E-state index in [4.69, 9.17) is 4.84 Å². The van der Waals surface area contributed by atoms with Crippen molar-refractivity contribution in [3.63, 3.8) is 0 Å². The van der Waals surface area contributed by atoms with E-state index in [9.17, 15) is 8.78 Å². The maximum absolute atomic E-state index is 12.8. The summed E-state index contributed by atoms with van der Waals surface area (Å²) in [6, 6.07) is 11.8. The molecular weight excluding hydrogens is 236 g/mol. The van der Waals surface area contributed by atoms with Crippen LogP contribution in [0.5, 0.6) is 0 Å². The topological polar surface area (TPSA) is 21.6 Å². The zero-order valence-electron chi connectivity index (χ0n) is 9.44. The third kappa shape index (κ3) is 3.66. The average Bonchev–Trinajstić information content (AvgIpc) is 2.37. The Hall–Kier alpha value is -2.23. The molecule has 0 aromatic heterocycles. The van der Waals surface area contributed by atoms with Gasteiger partial charge < -0.3 is 4.84 Å². The Labute approximate surface area is 104 Å². The van der Waals surface area contributed by atoms with Gasteiger partial charge in [0.15, 0.2) is 0 Å². The van der Waals surface area contributed by atoms with Crippen molar-refractivity contribution in [2.24, 2.45) is 5.16 Å². The number of halogens is 2. The quantitative estimate of drug-likeness (QED) is 0.598. The predicted molar refractivity (Wildman–Crippen MR) is 64.1 cm³/mol. The highest BCUT2D eigenvalue weighted by molar-refractivity contribution is 5.78. The molecule has 0 aliphatic carbocycles. The molecule has 0 aliphatic heterocycles. The summed E-state index contributed by atoms with van der Waals surface area (Å²) >= 11 is 0. The summed E-state index contributed by atoms with van der Waals surface area (Å²) in [6.45, 7) is 0.211. The summed E-state index contributed by atoms with van der Waals surface area (Å²) in [5.74, 6) is -0.651. The van der Waals surface area contributed by atoms with Gasteiger partial charge >= 0.3 is 0 Å². The minimum absolute atomic E-state index is 0.211. The van der Waals surface area contributed by atoms with E-state index in [1.54, 1.807) is 24.3 Å². The number of rotatable bonds is 4. The molecule has 0 unspecified atom stereocenters. The summed E-state index contributed by atoms with van der Waals surface area (Å²) < 4.78 is 25.4. The van der Waals surface area contributed by atoms with Crippen LogP contribution in [0, 0.1) is 11.6 Å². The molecule has 91 valence electrons. The van der Waals surface area contributed by atoms with Crippen molar-refractivity contribution in [1.29, 1.82) is 0 Å². The van der Waals surface area contributed by atoms with E-state index in [1.807, 2.05) is 0 Å². The first-order valence-corrected chi connectivity index (χ1v) is 5.32. The van der Waals surface area contributed by atoms with E-state index in [2.05, 4.69) is 11.4 Å². The summed E-state index contributed by atoms with van der Waals surface area (Å²) in [4.78, 5) is 4.97. The van der Waals surface area contributed by atoms with Gasteiger partial charge in [0.1, 0.15) is 24.5 Å². The molecule has 0 heterocycles. The summed E-state index contributed by atoms with van der Waals surface area (Å²) in [5, 5.41) is 3.59. The summed E-state index contributed by atoms with van der Waals surface area (Å²) in [5.41, 5.74) is 1.29. The molecule has 0 bridgehead atoms. The van der Waals surface area contributed by atoms with Crippen molar-refractivity contribution in [2.45, 2.75) is 6.61 Å². The molecule has 0 N–H and O–H groups in total. The van der Waals surface area contributed by atoms with Crippen LogP contribution < -0.4 is 0 Å². The lowest BCUT2D eigenvalue weighted by Gasteiger charge is -1.99. The van der Waals surface area contributed by atoms with Gasteiger partial charge in [-0.2, -0.15) is 0 Å². The van der Waals surface area contributed by atoms with E-state index in [0.29, 0.717) is 5.56 Å². The van der Waals surface area contributed by atoms with Crippen molar-refractivity contribution in [1.82, 2.24) is 0 Å². The smallest absolute Gasteiger partial charge is 0.142 e. The van der Waals surface area contributed by atoms with Gasteiger partial charge in [-0.15, -0.1) is 0 Å². The van der Waals surface area contributed by atoms with Gasteiger partial charge in [-0.3, -0.25) is 0 Å². The molecule has 0 fully saturated rings. The first kappa shape index (κ1) is 12.2. The molecule has 2 rings (SSSR count). The van der Waals surface area contributed by atoms with Crippen molar-refractivity contribution in [3.05, 3.63) is 71.3 Å². The van der Waals surface area contributed by atoms with Crippen LogP contribution in [-0.2, 0) is 11.4 Å². The number of nitrogens with zero attached hydrogens (tertiary/aromatic N) is 1. The normalized spacial score (nSPS) is 10.8. The fraction of sp³-hybridized carbons (Fsp3) is 0.0714. The molecule has 0 saturated heterocycles. The third-order valence-electron chi connectivity index (χ3n) is 2.21. The van der Waals surface area contributed by atoms with E-state index in [1.165, 1.54) is 24.3 Å². The fourth-order valence-electron chi connectivity index (χ4n) is 1.33. The zero-order valence-corrected chi connectivity index (χ0v) is 9.44. The Kier molecular flexibility index (Phi) is 4.02. The van der Waals surface area contributed by atoms with E-state index >= 15 is 0 Å². The molecule has 0 aliphatic rings. The molecule has 4 heteroatoms. The fourth-order valence-corrected chi connectivity index (χ4v) is 1.33. The Balaban J connectivity index is 1.87. The van der Waals surface area contributed by atoms with Gasteiger partial charge in [-0.25, -0.2) is 8.78 Å². The molecule has 1 radical (unpaired) electrons. The molecule has 0 saturated carbocycles. The number of benzene rings is 2. The van der Waals surface area contributed by atoms with Gasteiger partial charge in [0.2, 0.25) is 0 Å². The van der Waals surface area contributed by atoms with Crippen molar-refractivity contribution < 1.29 is 13.6 Å². The Morgan fingerprint density at radius 1 is 1.00 bits per heavy atom. The minimum atomic E-state index is -0.353. The molecule has 0 amide bonds.